The van der Waals surface area contributed by atoms with Crippen LogP contribution < -0.4 is 5.43 Å². The van der Waals surface area contributed by atoms with Crippen molar-refractivity contribution in [1.29, 1.82) is 0 Å². The lowest BCUT2D eigenvalue weighted by atomic mass is 9.47. The fourth-order valence-corrected chi connectivity index (χ4v) is 9.13. The number of hydrazone groups is 1. The first-order valence-electron chi connectivity index (χ1n) is 15.5. The Hall–Kier alpha value is -3.85. The van der Waals surface area contributed by atoms with Crippen molar-refractivity contribution in [2.45, 2.75) is 71.3 Å². The van der Waals surface area contributed by atoms with Crippen LogP contribution in [0.1, 0.15) is 70.8 Å². The standard InChI is InChI=1S/C34H40N4O5/c1-33-18-16-25(39)21-23(33)11-12-26-27-13-14-29(34(27,2)19-17-28(26)33)30(15-10-22-6-5-7-24(20-22)37(40)41)35-36-31-8-3-4-9-32(31)38(42)43/h3-11,15,20,25-29,36,39H,12-14,16-19,21H2,1-2H3/b15-10+,35-30+/t25-,26-,27-,28-,29+,33-,34-/m0/s1. The van der Waals surface area contributed by atoms with Crippen LogP contribution >= 0.6 is 0 Å². The first kappa shape index (κ1) is 29.2. The van der Waals surface area contributed by atoms with Crippen molar-refractivity contribution in [2.75, 3.05) is 5.43 Å². The molecule has 4 aliphatic carbocycles. The van der Waals surface area contributed by atoms with E-state index in [1.165, 1.54) is 17.7 Å². The molecule has 0 heterocycles. The number of nitro benzene ring substituents is 2. The van der Waals surface area contributed by atoms with Gasteiger partial charge in [0.15, 0.2) is 0 Å². The number of rotatable bonds is 7. The van der Waals surface area contributed by atoms with Crippen LogP contribution in [-0.4, -0.2) is 26.8 Å². The van der Waals surface area contributed by atoms with Crippen LogP contribution in [0.15, 0.2) is 71.4 Å². The molecule has 2 aromatic rings. The van der Waals surface area contributed by atoms with E-state index in [0.717, 1.165) is 57.1 Å². The molecule has 2 N–H and O–H groups in total. The van der Waals surface area contributed by atoms with E-state index in [-0.39, 0.29) is 34.2 Å². The Labute approximate surface area is 252 Å². The maximum atomic E-state index is 11.7. The molecular formula is C34H40N4O5. The number of hydrogen-bond acceptors (Lipinski definition) is 7. The van der Waals surface area contributed by atoms with Gasteiger partial charge in [-0.05, 0) is 97.7 Å². The number of fused-ring (bicyclic) bond motifs is 5. The third kappa shape index (κ3) is 5.28. The Kier molecular flexibility index (Phi) is 7.71. The first-order chi connectivity index (χ1) is 20.6. The van der Waals surface area contributed by atoms with E-state index in [1.807, 2.05) is 18.2 Å². The third-order valence-corrected chi connectivity index (χ3v) is 11.4. The summed E-state index contributed by atoms with van der Waals surface area (Å²) >= 11 is 0. The lowest BCUT2D eigenvalue weighted by Crippen LogP contribution is -2.51. The van der Waals surface area contributed by atoms with Gasteiger partial charge in [-0.25, -0.2) is 0 Å². The van der Waals surface area contributed by atoms with E-state index in [4.69, 9.17) is 5.10 Å². The molecule has 3 fully saturated rings. The highest BCUT2D eigenvalue weighted by Crippen LogP contribution is 2.66. The molecule has 0 spiro atoms. The van der Waals surface area contributed by atoms with Crippen LogP contribution in [0.4, 0.5) is 17.1 Å². The normalized spacial score (nSPS) is 33.7. The second-order valence-electron chi connectivity index (χ2n) is 13.4. The Morgan fingerprint density at radius 1 is 1.00 bits per heavy atom. The van der Waals surface area contributed by atoms with Gasteiger partial charge in [-0.2, -0.15) is 5.10 Å². The predicted octanol–water partition coefficient (Wildman–Crippen LogP) is 7.92. The number of benzene rings is 2. The van der Waals surface area contributed by atoms with Crippen LogP contribution in [0.2, 0.25) is 0 Å². The van der Waals surface area contributed by atoms with Crippen LogP contribution in [0.5, 0.6) is 0 Å². The highest BCUT2D eigenvalue weighted by Gasteiger charge is 2.59. The highest BCUT2D eigenvalue weighted by atomic mass is 16.6. The van der Waals surface area contributed by atoms with Crippen LogP contribution in [0.3, 0.4) is 0 Å². The Balaban J connectivity index is 1.33. The van der Waals surface area contributed by atoms with Crippen molar-refractivity contribution >= 4 is 28.8 Å². The zero-order valence-corrected chi connectivity index (χ0v) is 24.8. The minimum Gasteiger partial charge on any atom is -0.393 e. The summed E-state index contributed by atoms with van der Waals surface area (Å²) in [5.41, 5.74) is 6.46. The zero-order chi connectivity index (χ0) is 30.4. The molecule has 9 nitrogen and oxygen atoms in total. The largest absolute Gasteiger partial charge is 0.393 e. The predicted molar refractivity (Wildman–Crippen MR) is 167 cm³/mol. The molecule has 3 saturated carbocycles. The van der Waals surface area contributed by atoms with Crippen molar-refractivity contribution in [3.8, 4) is 0 Å². The molecule has 0 saturated heterocycles. The van der Waals surface area contributed by atoms with Crippen molar-refractivity contribution in [3.05, 3.63) is 92.0 Å². The Morgan fingerprint density at radius 2 is 1.81 bits per heavy atom. The molecule has 0 radical (unpaired) electrons. The van der Waals surface area contributed by atoms with E-state index < -0.39 is 9.85 Å². The topological polar surface area (TPSA) is 131 Å². The van der Waals surface area contributed by atoms with Crippen LogP contribution in [0.25, 0.3) is 6.08 Å². The molecule has 7 atom stereocenters. The van der Waals surface area contributed by atoms with Gasteiger partial charge in [-0.1, -0.05) is 55.8 Å². The number of aliphatic hydroxyl groups is 1. The van der Waals surface area contributed by atoms with Gasteiger partial charge in [0, 0.05) is 24.1 Å². The summed E-state index contributed by atoms with van der Waals surface area (Å²) in [4.78, 5) is 22.2. The van der Waals surface area contributed by atoms with Crippen molar-refractivity contribution < 1.29 is 15.0 Å². The number of aliphatic hydroxyl groups excluding tert-OH is 1. The van der Waals surface area contributed by atoms with Gasteiger partial charge >= 0.3 is 0 Å². The second-order valence-corrected chi connectivity index (χ2v) is 13.4. The lowest BCUT2D eigenvalue weighted by molar-refractivity contribution is -0.384. The number of anilines is 1. The number of non-ortho nitro benzene ring substituents is 1. The second kappa shape index (κ2) is 11.3. The molecule has 0 unspecified atom stereocenters. The smallest absolute Gasteiger partial charge is 0.294 e. The van der Waals surface area contributed by atoms with Crippen molar-refractivity contribution in [3.63, 3.8) is 0 Å². The zero-order valence-electron chi connectivity index (χ0n) is 24.8. The molecule has 2 aromatic carbocycles. The molecule has 226 valence electrons. The van der Waals surface area contributed by atoms with E-state index in [0.29, 0.717) is 29.0 Å². The van der Waals surface area contributed by atoms with E-state index in [9.17, 15) is 25.3 Å². The van der Waals surface area contributed by atoms with Gasteiger partial charge in [-0.15, -0.1) is 0 Å². The summed E-state index contributed by atoms with van der Waals surface area (Å²) in [7, 11) is 0. The summed E-state index contributed by atoms with van der Waals surface area (Å²) in [6.45, 7) is 4.83. The quantitative estimate of drug-likeness (QED) is 0.147. The molecule has 9 heteroatoms. The fourth-order valence-electron chi connectivity index (χ4n) is 9.13. The Morgan fingerprint density at radius 3 is 2.60 bits per heavy atom. The van der Waals surface area contributed by atoms with Gasteiger partial charge < -0.3 is 5.11 Å². The molecule has 43 heavy (non-hydrogen) atoms. The summed E-state index contributed by atoms with van der Waals surface area (Å²) in [5, 5.41) is 38.2. The van der Waals surface area contributed by atoms with Crippen molar-refractivity contribution in [2.24, 2.45) is 39.6 Å². The molecule has 6 rings (SSSR count). The van der Waals surface area contributed by atoms with Gasteiger partial charge in [0.2, 0.25) is 0 Å². The highest BCUT2D eigenvalue weighted by molar-refractivity contribution is 6.01. The number of hydrogen-bond donors (Lipinski definition) is 2. The summed E-state index contributed by atoms with van der Waals surface area (Å²) in [5.74, 6) is 1.86. The van der Waals surface area contributed by atoms with Gasteiger partial charge in [-0.3, -0.25) is 25.7 Å². The van der Waals surface area contributed by atoms with Gasteiger partial charge in [0.25, 0.3) is 11.4 Å². The molecule has 0 bridgehead atoms. The number of allylic oxidation sites excluding steroid dienone is 2. The SMILES string of the molecule is C[C@]12CC[C@H]3[C@@H](CC=C4C[C@@H](O)CC[C@@]43C)[C@@H]1CC[C@@H]2C(/C=C/c1cccc([N+](=O)[O-])c1)=N/Nc1ccccc1[N+](=O)[O-]. The van der Waals surface area contributed by atoms with Crippen molar-refractivity contribution in [1.82, 2.24) is 0 Å². The number of para-hydroxylation sites is 2. The fraction of sp³-hybridized carbons (Fsp3) is 0.500. The first-order valence-corrected chi connectivity index (χ1v) is 15.5. The van der Waals surface area contributed by atoms with Crippen LogP contribution in [0, 0.1) is 54.7 Å². The number of nitrogens with zero attached hydrogens (tertiary/aromatic N) is 3. The molecule has 0 amide bonds. The number of nitro groups is 2. The van der Waals surface area contributed by atoms with E-state index >= 15 is 0 Å². The maximum absolute atomic E-state index is 11.7. The molecule has 0 aliphatic heterocycles. The monoisotopic (exact) mass is 584 g/mol. The molecule has 4 aliphatic rings. The maximum Gasteiger partial charge on any atom is 0.294 e. The van der Waals surface area contributed by atoms with Gasteiger partial charge in [0.05, 0.1) is 21.7 Å². The minimum atomic E-state index is -0.416. The molecular weight excluding hydrogens is 544 g/mol. The molecule has 0 aromatic heterocycles. The Bertz CT molecular complexity index is 1520. The van der Waals surface area contributed by atoms with Crippen LogP contribution in [-0.2, 0) is 0 Å². The minimum absolute atomic E-state index is 0.00715. The summed E-state index contributed by atoms with van der Waals surface area (Å²) < 4.78 is 0. The van der Waals surface area contributed by atoms with Gasteiger partial charge in [0.1, 0.15) is 5.69 Å². The third-order valence-electron chi connectivity index (χ3n) is 11.4. The lowest BCUT2D eigenvalue weighted by Gasteiger charge is -2.58. The summed E-state index contributed by atoms with van der Waals surface area (Å²) in [6, 6.07) is 13.0. The number of nitrogens with one attached hydrogen (secondary N) is 1. The van der Waals surface area contributed by atoms with E-state index in [2.05, 4.69) is 25.3 Å². The average Bonchev–Trinajstić information content (AvgIpc) is 3.35. The average molecular weight is 585 g/mol. The van der Waals surface area contributed by atoms with E-state index in [1.54, 1.807) is 30.3 Å². The summed E-state index contributed by atoms with van der Waals surface area (Å²) in [6.07, 6.45) is 14.1.